The molecular weight excluding hydrogens is 333 g/mol. The van der Waals surface area contributed by atoms with Gasteiger partial charge in [-0.1, -0.05) is 44.2 Å². The number of rotatable bonds is 10. The van der Waals surface area contributed by atoms with Gasteiger partial charge in [0.05, 0.1) is 6.04 Å². The topological polar surface area (TPSA) is 44.4 Å². The predicted molar refractivity (Wildman–Crippen MR) is 103 cm³/mol. The van der Waals surface area contributed by atoms with E-state index in [1.807, 2.05) is 13.1 Å². The average molecular weight is 364 g/mol. The van der Waals surface area contributed by atoms with Gasteiger partial charge in [0, 0.05) is 13.0 Å². The lowest BCUT2D eigenvalue weighted by atomic mass is 10.0. The molecule has 0 aliphatic rings. The molecule has 23 heavy (non-hydrogen) atoms. The van der Waals surface area contributed by atoms with Crippen LogP contribution in [0, 0.1) is 0 Å². The maximum atomic E-state index is 11.9. The monoisotopic (exact) mass is 363 g/mol. The van der Waals surface area contributed by atoms with E-state index in [4.69, 9.17) is 0 Å². The van der Waals surface area contributed by atoms with Crippen LogP contribution in [-0.2, 0) is 4.79 Å². The van der Waals surface area contributed by atoms with Gasteiger partial charge in [-0.25, -0.2) is 0 Å². The molecule has 134 valence electrons. The van der Waals surface area contributed by atoms with E-state index < -0.39 is 0 Å². The van der Waals surface area contributed by atoms with E-state index in [1.165, 1.54) is 5.56 Å². The standard InChI is InChI=1S/C17H29N3O.2ClH/c1-4-20(5-2)16(15-10-7-6-8-11-15)14-19-17(21)12-9-13-18-3;;/h6-8,10-11,16,18H,4-5,9,12-14H2,1-3H3,(H,19,21);2*1H. The number of benzene rings is 1. The molecule has 1 rings (SSSR count). The first-order chi connectivity index (χ1) is 10.2. The van der Waals surface area contributed by atoms with Crippen LogP contribution in [0.2, 0.25) is 0 Å². The maximum absolute atomic E-state index is 11.9. The molecule has 1 atom stereocenters. The molecule has 0 fully saturated rings. The van der Waals surface area contributed by atoms with Gasteiger partial charge in [0.15, 0.2) is 0 Å². The number of hydrogen-bond donors (Lipinski definition) is 2. The molecule has 0 bridgehead atoms. The molecule has 1 aromatic rings. The number of amides is 1. The zero-order valence-corrected chi connectivity index (χ0v) is 16.0. The molecule has 0 aromatic heterocycles. The van der Waals surface area contributed by atoms with Crippen molar-refractivity contribution in [3.63, 3.8) is 0 Å². The minimum Gasteiger partial charge on any atom is -0.354 e. The molecule has 4 nitrogen and oxygen atoms in total. The summed E-state index contributed by atoms with van der Waals surface area (Å²) in [6.45, 7) is 7.83. The minimum atomic E-state index is 0. The number of likely N-dealkylation sites (N-methyl/N-ethyl adjacent to an activating group) is 1. The van der Waals surface area contributed by atoms with E-state index in [0.29, 0.717) is 13.0 Å². The highest BCUT2D eigenvalue weighted by Gasteiger charge is 2.18. The second-order valence-corrected chi connectivity index (χ2v) is 5.16. The first kappa shape index (κ1) is 24.4. The number of carbonyl (C=O) groups excluding carboxylic acids is 1. The molecular formula is C17H31Cl2N3O. The zero-order chi connectivity index (χ0) is 15.5. The Bertz CT molecular complexity index is 400. The van der Waals surface area contributed by atoms with E-state index >= 15 is 0 Å². The van der Waals surface area contributed by atoms with E-state index in [2.05, 4.69) is 53.6 Å². The number of halogens is 2. The lowest BCUT2D eigenvalue weighted by Gasteiger charge is -2.30. The molecule has 1 aromatic carbocycles. The van der Waals surface area contributed by atoms with Crippen molar-refractivity contribution < 1.29 is 4.79 Å². The third-order valence-electron chi connectivity index (χ3n) is 3.76. The van der Waals surface area contributed by atoms with Crippen molar-refractivity contribution in [3.8, 4) is 0 Å². The highest BCUT2D eigenvalue weighted by Crippen LogP contribution is 2.19. The zero-order valence-electron chi connectivity index (χ0n) is 14.4. The summed E-state index contributed by atoms with van der Waals surface area (Å²) in [6.07, 6.45) is 1.46. The first-order valence-electron chi connectivity index (χ1n) is 7.93. The summed E-state index contributed by atoms with van der Waals surface area (Å²) >= 11 is 0. The highest BCUT2D eigenvalue weighted by atomic mass is 35.5. The number of hydrogen-bond acceptors (Lipinski definition) is 3. The Balaban J connectivity index is 0. The highest BCUT2D eigenvalue weighted by molar-refractivity contribution is 5.85. The van der Waals surface area contributed by atoms with Crippen LogP contribution in [0.5, 0.6) is 0 Å². The van der Waals surface area contributed by atoms with Gasteiger partial charge in [-0.2, -0.15) is 0 Å². The van der Waals surface area contributed by atoms with Crippen LogP contribution in [0.25, 0.3) is 0 Å². The van der Waals surface area contributed by atoms with Gasteiger partial charge in [-0.05, 0) is 38.7 Å². The van der Waals surface area contributed by atoms with Crippen molar-refractivity contribution in [1.29, 1.82) is 0 Å². The van der Waals surface area contributed by atoms with Crippen LogP contribution in [-0.4, -0.2) is 44.0 Å². The van der Waals surface area contributed by atoms with Crippen LogP contribution in [0.1, 0.15) is 38.3 Å². The molecule has 0 radical (unpaired) electrons. The van der Waals surface area contributed by atoms with Crippen molar-refractivity contribution in [2.45, 2.75) is 32.7 Å². The Morgan fingerprint density at radius 2 is 1.74 bits per heavy atom. The van der Waals surface area contributed by atoms with Gasteiger partial charge in [-0.3, -0.25) is 9.69 Å². The van der Waals surface area contributed by atoms with Gasteiger partial charge in [0.25, 0.3) is 0 Å². The fourth-order valence-corrected chi connectivity index (χ4v) is 2.52. The number of nitrogens with one attached hydrogen (secondary N) is 2. The third-order valence-corrected chi connectivity index (χ3v) is 3.76. The number of carbonyl (C=O) groups is 1. The molecule has 0 aliphatic heterocycles. The van der Waals surface area contributed by atoms with Gasteiger partial charge in [0.1, 0.15) is 0 Å². The molecule has 0 saturated carbocycles. The summed E-state index contributed by atoms with van der Waals surface area (Å²) in [6, 6.07) is 10.7. The van der Waals surface area contributed by atoms with Crippen LogP contribution in [0.15, 0.2) is 30.3 Å². The Hall–Kier alpha value is -0.810. The van der Waals surface area contributed by atoms with E-state index in [1.54, 1.807) is 0 Å². The Labute approximate surface area is 153 Å². The van der Waals surface area contributed by atoms with Gasteiger partial charge < -0.3 is 10.6 Å². The largest absolute Gasteiger partial charge is 0.354 e. The van der Waals surface area contributed by atoms with Crippen molar-refractivity contribution >= 4 is 30.7 Å². The number of nitrogens with zero attached hydrogens (tertiary/aromatic N) is 1. The SMILES string of the molecule is CCN(CC)C(CNC(=O)CCCNC)c1ccccc1.Cl.Cl. The molecule has 1 unspecified atom stereocenters. The fraction of sp³-hybridized carbons (Fsp3) is 0.588. The van der Waals surface area contributed by atoms with Crippen LogP contribution >= 0.6 is 24.8 Å². The van der Waals surface area contributed by atoms with Gasteiger partial charge >= 0.3 is 0 Å². The van der Waals surface area contributed by atoms with Crippen LogP contribution in [0.4, 0.5) is 0 Å². The summed E-state index contributed by atoms with van der Waals surface area (Å²) in [7, 11) is 1.91. The molecule has 0 saturated heterocycles. The Morgan fingerprint density at radius 1 is 1.13 bits per heavy atom. The van der Waals surface area contributed by atoms with Crippen molar-refractivity contribution in [1.82, 2.24) is 15.5 Å². The lowest BCUT2D eigenvalue weighted by molar-refractivity contribution is -0.121. The van der Waals surface area contributed by atoms with Gasteiger partial charge in [0.2, 0.25) is 5.91 Å². The van der Waals surface area contributed by atoms with Crippen LogP contribution < -0.4 is 10.6 Å². The second-order valence-electron chi connectivity index (χ2n) is 5.16. The summed E-state index contributed by atoms with van der Waals surface area (Å²) in [5.41, 5.74) is 1.26. The molecule has 0 heterocycles. The molecule has 2 N–H and O–H groups in total. The summed E-state index contributed by atoms with van der Waals surface area (Å²) < 4.78 is 0. The van der Waals surface area contributed by atoms with E-state index in [0.717, 1.165) is 26.1 Å². The van der Waals surface area contributed by atoms with E-state index in [9.17, 15) is 4.79 Å². The molecule has 6 heteroatoms. The first-order valence-corrected chi connectivity index (χ1v) is 7.93. The summed E-state index contributed by atoms with van der Waals surface area (Å²) in [5, 5.41) is 6.14. The third kappa shape index (κ3) is 9.16. The second kappa shape index (κ2) is 14.8. The fourth-order valence-electron chi connectivity index (χ4n) is 2.52. The molecule has 1 amide bonds. The Morgan fingerprint density at radius 3 is 2.26 bits per heavy atom. The van der Waals surface area contributed by atoms with Crippen molar-refractivity contribution in [2.75, 3.05) is 33.2 Å². The normalized spacial score (nSPS) is 11.3. The van der Waals surface area contributed by atoms with E-state index in [-0.39, 0.29) is 36.8 Å². The van der Waals surface area contributed by atoms with Crippen molar-refractivity contribution in [2.24, 2.45) is 0 Å². The average Bonchev–Trinajstić information content (AvgIpc) is 2.52. The Kier molecular flexibility index (Phi) is 15.7. The predicted octanol–water partition coefficient (Wildman–Crippen LogP) is 3.03. The maximum Gasteiger partial charge on any atom is 0.220 e. The van der Waals surface area contributed by atoms with Gasteiger partial charge in [-0.15, -0.1) is 24.8 Å². The summed E-state index contributed by atoms with van der Waals surface area (Å²) in [4.78, 5) is 14.3. The lowest BCUT2D eigenvalue weighted by Crippen LogP contribution is -2.38. The quantitative estimate of drug-likeness (QED) is 0.628. The summed E-state index contributed by atoms with van der Waals surface area (Å²) in [5.74, 6) is 0.137. The smallest absolute Gasteiger partial charge is 0.220 e. The molecule has 0 aliphatic carbocycles. The van der Waals surface area contributed by atoms with Crippen molar-refractivity contribution in [3.05, 3.63) is 35.9 Å². The minimum absolute atomic E-state index is 0. The van der Waals surface area contributed by atoms with Crippen LogP contribution in [0.3, 0.4) is 0 Å². The molecule has 0 spiro atoms.